The zero-order valence-corrected chi connectivity index (χ0v) is 15.1. The van der Waals surface area contributed by atoms with Gasteiger partial charge in [0.25, 0.3) is 0 Å². The van der Waals surface area contributed by atoms with Crippen molar-refractivity contribution in [2.24, 2.45) is 0 Å². The fourth-order valence-electron chi connectivity index (χ4n) is 2.27. The Bertz CT molecular complexity index is 812. The first-order valence-corrected chi connectivity index (χ1v) is 9.00. The van der Waals surface area contributed by atoms with Crippen molar-refractivity contribution in [3.8, 4) is 17.2 Å². The van der Waals surface area contributed by atoms with Gasteiger partial charge in [-0.05, 0) is 54.1 Å². The summed E-state index contributed by atoms with van der Waals surface area (Å²) in [5.41, 5.74) is 1.79. The molecule has 126 valence electrons. The lowest BCUT2D eigenvalue weighted by Crippen LogP contribution is -1.99. The smallest absolute Gasteiger partial charge is 0.173 e. The summed E-state index contributed by atoms with van der Waals surface area (Å²) < 4.78 is 11.5. The molecule has 0 atom stereocenters. The number of halogens is 1. The molecule has 0 aliphatic carbocycles. The number of ketones is 1. The van der Waals surface area contributed by atoms with Crippen LogP contribution in [0.3, 0.4) is 0 Å². The number of carbonyl (C=O) groups is 1. The average Bonchev–Trinajstić information content (AvgIpc) is 2.68. The molecule has 0 radical (unpaired) electrons. The van der Waals surface area contributed by atoms with E-state index in [1.807, 2.05) is 54.6 Å². The van der Waals surface area contributed by atoms with Gasteiger partial charge in [-0.15, -0.1) is 0 Å². The number of rotatable bonds is 7. The second-order valence-electron chi connectivity index (χ2n) is 5.43. The lowest BCUT2D eigenvalue weighted by Gasteiger charge is -2.09. The minimum atomic E-state index is 0.0477. The van der Waals surface area contributed by atoms with E-state index >= 15 is 0 Å². The van der Waals surface area contributed by atoms with Gasteiger partial charge in [-0.25, -0.2) is 0 Å². The quantitative estimate of drug-likeness (QED) is 0.383. The normalized spacial score (nSPS) is 10.3. The zero-order valence-electron chi connectivity index (χ0n) is 13.5. The van der Waals surface area contributed by atoms with Gasteiger partial charge in [0.05, 0.1) is 5.33 Å². The number of alkyl halides is 1. The Morgan fingerprint density at radius 1 is 0.760 bits per heavy atom. The Labute approximate surface area is 155 Å². The van der Waals surface area contributed by atoms with Crippen molar-refractivity contribution < 1.29 is 14.3 Å². The van der Waals surface area contributed by atoms with E-state index in [1.54, 1.807) is 24.3 Å². The van der Waals surface area contributed by atoms with Crippen LogP contribution in [0.25, 0.3) is 0 Å². The van der Waals surface area contributed by atoms with Crippen molar-refractivity contribution in [3.05, 3.63) is 90.0 Å². The van der Waals surface area contributed by atoms with Gasteiger partial charge < -0.3 is 9.47 Å². The average molecular weight is 397 g/mol. The van der Waals surface area contributed by atoms with E-state index in [9.17, 15) is 4.79 Å². The maximum atomic E-state index is 11.6. The minimum absolute atomic E-state index is 0.0477. The third-order valence-electron chi connectivity index (χ3n) is 3.61. The van der Waals surface area contributed by atoms with E-state index < -0.39 is 0 Å². The van der Waals surface area contributed by atoms with E-state index in [2.05, 4.69) is 15.9 Å². The highest BCUT2D eigenvalue weighted by Gasteiger charge is 2.04. The summed E-state index contributed by atoms with van der Waals surface area (Å²) in [6, 6.07) is 24.6. The van der Waals surface area contributed by atoms with Crippen LogP contribution in [0.2, 0.25) is 0 Å². The van der Waals surface area contributed by atoms with Crippen LogP contribution in [0.5, 0.6) is 17.2 Å². The van der Waals surface area contributed by atoms with Crippen LogP contribution in [0.15, 0.2) is 78.9 Å². The molecule has 3 aromatic carbocycles. The first-order valence-electron chi connectivity index (χ1n) is 7.88. The van der Waals surface area contributed by atoms with Gasteiger partial charge in [-0.3, -0.25) is 4.79 Å². The predicted molar refractivity (Wildman–Crippen MR) is 102 cm³/mol. The zero-order chi connectivity index (χ0) is 17.5. The number of hydrogen-bond donors (Lipinski definition) is 0. The highest BCUT2D eigenvalue weighted by molar-refractivity contribution is 9.09. The maximum Gasteiger partial charge on any atom is 0.173 e. The monoisotopic (exact) mass is 396 g/mol. The lowest BCUT2D eigenvalue weighted by atomic mass is 10.1. The van der Waals surface area contributed by atoms with Gasteiger partial charge in [-0.2, -0.15) is 0 Å². The lowest BCUT2D eigenvalue weighted by molar-refractivity contribution is 0.102. The highest BCUT2D eigenvalue weighted by atomic mass is 79.9. The number of benzene rings is 3. The molecule has 0 N–H and O–H groups in total. The summed E-state index contributed by atoms with van der Waals surface area (Å²) in [5.74, 6) is 2.23. The van der Waals surface area contributed by atoms with Crippen molar-refractivity contribution in [2.45, 2.75) is 6.61 Å². The van der Waals surface area contributed by atoms with Gasteiger partial charge in [-0.1, -0.05) is 46.3 Å². The van der Waals surface area contributed by atoms with Crippen LogP contribution >= 0.6 is 15.9 Å². The summed E-state index contributed by atoms with van der Waals surface area (Å²) in [4.78, 5) is 11.6. The second kappa shape index (κ2) is 8.49. The third kappa shape index (κ3) is 4.94. The largest absolute Gasteiger partial charge is 0.489 e. The molecular formula is C21H17BrO3. The number of ether oxygens (including phenoxy) is 2. The molecular weight excluding hydrogens is 380 g/mol. The molecule has 0 fully saturated rings. The van der Waals surface area contributed by atoms with Crippen LogP contribution in [-0.4, -0.2) is 11.1 Å². The second-order valence-corrected chi connectivity index (χ2v) is 5.99. The number of hydrogen-bond acceptors (Lipinski definition) is 3. The highest BCUT2D eigenvalue weighted by Crippen LogP contribution is 2.24. The first kappa shape index (κ1) is 17.2. The van der Waals surface area contributed by atoms with Crippen LogP contribution in [-0.2, 0) is 6.61 Å². The van der Waals surface area contributed by atoms with Crippen LogP contribution in [0.1, 0.15) is 15.9 Å². The molecule has 3 nitrogen and oxygen atoms in total. The van der Waals surface area contributed by atoms with E-state index in [0.717, 1.165) is 11.3 Å². The van der Waals surface area contributed by atoms with Crippen molar-refractivity contribution in [3.63, 3.8) is 0 Å². The van der Waals surface area contributed by atoms with E-state index in [-0.39, 0.29) is 5.78 Å². The first-order chi connectivity index (χ1) is 12.2. The van der Waals surface area contributed by atoms with Crippen molar-refractivity contribution in [1.29, 1.82) is 0 Å². The van der Waals surface area contributed by atoms with E-state index in [0.29, 0.717) is 29.0 Å². The minimum Gasteiger partial charge on any atom is -0.489 e. The van der Waals surface area contributed by atoms with E-state index in [4.69, 9.17) is 9.47 Å². The molecule has 0 aromatic heterocycles. The molecule has 25 heavy (non-hydrogen) atoms. The topological polar surface area (TPSA) is 35.5 Å². The summed E-state index contributed by atoms with van der Waals surface area (Å²) in [5, 5.41) is 0.317. The van der Waals surface area contributed by atoms with Gasteiger partial charge in [0.2, 0.25) is 0 Å². The Balaban J connectivity index is 1.58. The summed E-state index contributed by atoms with van der Waals surface area (Å²) in [6.45, 7) is 0.532. The predicted octanol–water partition coefficient (Wildman–Crippen LogP) is 5.64. The summed E-state index contributed by atoms with van der Waals surface area (Å²) in [6.07, 6.45) is 0. The Hall–Kier alpha value is -2.59. The van der Waals surface area contributed by atoms with Crippen LogP contribution in [0.4, 0.5) is 0 Å². The molecule has 4 heteroatoms. The Kier molecular flexibility index (Phi) is 5.86. The van der Waals surface area contributed by atoms with Gasteiger partial charge >= 0.3 is 0 Å². The fourth-order valence-corrected chi connectivity index (χ4v) is 2.59. The molecule has 0 bridgehead atoms. The molecule has 3 aromatic rings. The molecule has 0 saturated carbocycles. The molecule has 0 aliphatic rings. The van der Waals surface area contributed by atoms with Crippen molar-refractivity contribution in [1.82, 2.24) is 0 Å². The fraction of sp³-hybridized carbons (Fsp3) is 0.0952. The molecule has 3 rings (SSSR count). The molecule has 0 spiro atoms. The molecule has 0 amide bonds. The third-order valence-corrected chi connectivity index (χ3v) is 4.11. The molecule has 0 unspecified atom stereocenters. The molecule has 0 saturated heterocycles. The molecule has 0 heterocycles. The van der Waals surface area contributed by atoms with Gasteiger partial charge in [0.15, 0.2) is 5.78 Å². The Morgan fingerprint density at radius 2 is 1.32 bits per heavy atom. The van der Waals surface area contributed by atoms with Gasteiger partial charge in [0, 0.05) is 5.56 Å². The number of Topliss-reactive ketones (excluding diaryl/α,β-unsaturated/α-hetero) is 1. The van der Waals surface area contributed by atoms with Gasteiger partial charge in [0.1, 0.15) is 23.9 Å². The van der Waals surface area contributed by atoms with Crippen LogP contribution < -0.4 is 9.47 Å². The standard InChI is InChI=1S/C21H17BrO3/c22-14-21(23)17-6-8-19(9-7-17)25-20-12-10-18(11-13-20)24-15-16-4-2-1-3-5-16/h1-13H,14-15H2. The maximum absolute atomic E-state index is 11.6. The summed E-state index contributed by atoms with van der Waals surface area (Å²) >= 11 is 3.17. The van der Waals surface area contributed by atoms with E-state index in [1.165, 1.54) is 0 Å². The molecule has 0 aliphatic heterocycles. The summed E-state index contributed by atoms with van der Waals surface area (Å²) in [7, 11) is 0. The van der Waals surface area contributed by atoms with Crippen LogP contribution in [0, 0.1) is 0 Å². The number of carbonyl (C=O) groups excluding carboxylic acids is 1. The van der Waals surface area contributed by atoms with Crippen molar-refractivity contribution in [2.75, 3.05) is 5.33 Å². The van der Waals surface area contributed by atoms with Crippen molar-refractivity contribution >= 4 is 21.7 Å². The Morgan fingerprint density at radius 3 is 1.92 bits per heavy atom. The SMILES string of the molecule is O=C(CBr)c1ccc(Oc2ccc(OCc3ccccc3)cc2)cc1.